The van der Waals surface area contributed by atoms with E-state index in [1.165, 1.54) is 4.90 Å². The third-order valence-electron chi connectivity index (χ3n) is 7.25. The van der Waals surface area contributed by atoms with Gasteiger partial charge in [0.1, 0.15) is 11.5 Å². The van der Waals surface area contributed by atoms with Crippen LogP contribution in [0.15, 0.2) is 72.3 Å². The van der Waals surface area contributed by atoms with Crippen LogP contribution in [-0.4, -0.2) is 23.9 Å². The van der Waals surface area contributed by atoms with Crippen molar-refractivity contribution in [1.82, 2.24) is 0 Å². The molecular formula is C33H37NO4. The maximum atomic E-state index is 13.6. The van der Waals surface area contributed by atoms with Crippen molar-refractivity contribution >= 4 is 23.1 Å². The zero-order valence-corrected chi connectivity index (χ0v) is 23.5. The number of Topliss-reactive ketones (excluding diaryl/α,β-unsaturated/α-hetero) is 1. The number of amides is 1. The molecule has 0 radical (unpaired) electrons. The standard InChI is InChI=1S/C33H37NO4/c1-20-9-12-23(33(5,6)7)19-26(20)29(35)27-28(21-10-17-25(38-8)18-11-21)34(31(37)30(27)36)24-15-13-22(14-16-24)32(2,3)4/h9-19,28,35H,1-8H3/b29-27+. The van der Waals surface area contributed by atoms with Crippen LogP contribution in [0.2, 0.25) is 0 Å². The molecule has 0 aliphatic carbocycles. The fourth-order valence-electron chi connectivity index (χ4n) is 4.81. The van der Waals surface area contributed by atoms with Gasteiger partial charge in [0.2, 0.25) is 0 Å². The van der Waals surface area contributed by atoms with E-state index < -0.39 is 17.7 Å². The number of carbonyl (C=O) groups excluding carboxylic acids is 2. The van der Waals surface area contributed by atoms with E-state index in [4.69, 9.17) is 4.74 Å². The van der Waals surface area contributed by atoms with Gasteiger partial charge in [-0.2, -0.15) is 0 Å². The van der Waals surface area contributed by atoms with Crippen LogP contribution in [-0.2, 0) is 20.4 Å². The summed E-state index contributed by atoms with van der Waals surface area (Å²) in [5.41, 5.74) is 4.69. The Bertz CT molecular complexity index is 1400. The number of anilines is 1. The van der Waals surface area contributed by atoms with Gasteiger partial charge in [0.25, 0.3) is 11.7 Å². The fraction of sp³-hybridized carbons (Fsp3) is 0.333. The van der Waals surface area contributed by atoms with E-state index in [0.29, 0.717) is 22.6 Å². The number of benzene rings is 3. The van der Waals surface area contributed by atoms with E-state index in [0.717, 1.165) is 16.7 Å². The molecule has 0 aromatic heterocycles. The molecule has 1 unspecified atom stereocenters. The van der Waals surface area contributed by atoms with Crippen molar-refractivity contribution in [2.45, 2.75) is 65.3 Å². The highest BCUT2D eigenvalue weighted by Crippen LogP contribution is 2.43. The summed E-state index contributed by atoms with van der Waals surface area (Å²) in [6.45, 7) is 14.6. The molecule has 38 heavy (non-hydrogen) atoms. The molecule has 3 aromatic carbocycles. The van der Waals surface area contributed by atoms with Crippen LogP contribution in [0.1, 0.15) is 75.4 Å². The van der Waals surface area contributed by atoms with Crippen LogP contribution in [0, 0.1) is 6.92 Å². The van der Waals surface area contributed by atoms with E-state index in [-0.39, 0.29) is 22.2 Å². The van der Waals surface area contributed by atoms with E-state index in [1.807, 2.05) is 61.5 Å². The normalized spacial score (nSPS) is 17.7. The monoisotopic (exact) mass is 511 g/mol. The molecule has 0 saturated carbocycles. The lowest BCUT2D eigenvalue weighted by Gasteiger charge is -2.27. The molecule has 0 bridgehead atoms. The molecule has 5 nitrogen and oxygen atoms in total. The van der Waals surface area contributed by atoms with Crippen LogP contribution < -0.4 is 9.64 Å². The first-order chi connectivity index (χ1) is 17.7. The van der Waals surface area contributed by atoms with Crippen molar-refractivity contribution in [2.24, 2.45) is 0 Å². The van der Waals surface area contributed by atoms with Crippen molar-refractivity contribution in [1.29, 1.82) is 0 Å². The first kappa shape index (κ1) is 27.2. The lowest BCUT2D eigenvalue weighted by atomic mass is 9.84. The van der Waals surface area contributed by atoms with E-state index in [9.17, 15) is 14.7 Å². The summed E-state index contributed by atoms with van der Waals surface area (Å²) in [4.78, 5) is 28.6. The maximum Gasteiger partial charge on any atom is 0.300 e. The van der Waals surface area contributed by atoms with Crippen molar-refractivity contribution < 1.29 is 19.4 Å². The predicted octanol–water partition coefficient (Wildman–Crippen LogP) is 7.22. The van der Waals surface area contributed by atoms with Crippen LogP contribution in [0.5, 0.6) is 5.75 Å². The van der Waals surface area contributed by atoms with Crippen molar-refractivity contribution in [3.63, 3.8) is 0 Å². The van der Waals surface area contributed by atoms with Gasteiger partial charge in [0.15, 0.2) is 0 Å². The number of carbonyl (C=O) groups is 2. The first-order valence-electron chi connectivity index (χ1n) is 12.9. The number of hydrogen-bond donors (Lipinski definition) is 1. The van der Waals surface area contributed by atoms with Gasteiger partial charge in [-0.05, 0) is 70.3 Å². The lowest BCUT2D eigenvalue weighted by Crippen LogP contribution is -2.29. The highest BCUT2D eigenvalue weighted by Gasteiger charge is 2.47. The van der Waals surface area contributed by atoms with Gasteiger partial charge in [-0.1, -0.05) is 77.9 Å². The lowest BCUT2D eigenvalue weighted by molar-refractivity contribution is -0.132. The first-order valence-corrected chi connectivity index (χ1v) is 12.9. The highest BCUT2D eigenvalue weighted by molar-refractivity contribution is 6.51. The van der Waals surface area contributed by atoms with Gasteiger partial charge in [-0.15, -0.1) is 0 Å². The van der Waals surface area contributed by atoms with Gasteiger partial charge in [-0.3, -0.25) is 14.5 Å². The number of methoxy groups -OCH3 is 1. The number of nitrogens with zero attached hydrogens (tertiary/aromatic N) is 1. The molecule has 5 heteroatoms. The van der Waals surface area contributed by atoms with Crippen molar-refractivity contribution in [2.75, 3.05) is 12.0 Å². The van der Waals surface area contributed by atoms with Crippen molar-refractivity contribution in [3.05, 3.63) is 100 Å². The second kappa shape index (κ2) is 9.79. The summed E-state index contributed by atoms with van der Waals surface area (Å²) in [5.74, 6) is -0.875. The van der Waals surface area contributed by atoms with Gasteiger partial charge >= 0.3 is 0 Å². The molecule has 1 heterocycles. The quantitative estimate of drug-likeness (QED) is 0.228. The maximum absolute atomic E-state index is 13.6. The van der Waals surface area contributed by atoms with E-state index in [1.54, 1.807) is 19.2 Å². The third-order valence-corrected chi connectivity index (χ3v) is 7.25. The smallest absolute Gasteiger partial charge is 0.300 e. The number of ketones is 1. The molecule has 1 N–H and O–H groups in total. The number of rotatable bonds is 4. The molecule has 4 rings (SSSR count). The van der Waals surface area contributed by atoms with Crippen LogP contribution in [0.25, 0.3) is 5.76 Å². The second-order valence-corrected chi connectivity index (χ2v) is 12.0. The van der Waals surface area contributed by atoms with E-state index >= 15 is 0 Å². The van der Waals surface area contributed by atoms with Gasteiger partial charge in [-0.25, -0.2) is 0 Å². The number of aryl methyl sites for hydroxylation is 1. The van der Waals surface area contributed by atoms with Gasteiger partial charge < -0.3 is 9.84 Å². The zero-order valence-electron chi connectivity index (χ0n) is 23.5. The molecule has 1 amide bonds. The average Bonchev–Trinajstić information content (AvgIpc) is 3.13. The largest absolute Gasteiger partial charge is 0.507 e. The Labute approximate surface area is 225 Å². The predicted molar refractivity (Wildman–Crippen MR) is 153 cm³/mol. The topological polar surface area (TPSA) is 66.8 Å². The Morgan fingerprint density at radius 1 is 0.816 bits per heavy atom. The summed E-state index contributed by atoms with van der Waals surface area (Å²) in [6, 6.07) is 20.1. The van der Waals surface area contributed by atoms with Crippen LogP contribution in [0.4, 0.5) is 5.69 Å². The number of aliphatic hydroxyl groups is 1. The zero-order chi connectivity index (χ0) is 28.0. The molecule has 1 saturated heterocycles. The Morgan fingerprint density at radius 2 is 1.37 bits per heavy atom. The molecular weight excluding hydrogens is 474 g/mol. The Kier molecular flexibility index (Phi) is 7.00. The van der Waals surface area contributed by atoms with Crippen LogP contribution in [0.3, 0.4) is 0 Å². The highest BCUT2D eigenvalue weighted by atomic mass is 16.5. The average molecular weight is 512 g/mol. The molecule has 1 aliphatic heterocycles. The van der Waals surface area contributed by atoms with Gasteiger partial charge in [0, 0.05) is 11.3 Å². The minimum absolute atomic E-state index is 0.0579. The van der Waals surface area contributed by atoms with E-state index in [2.05, 4.69) is 41.5 Å². The second-order valence-electron chi connectivity index (χ2n) is 12.0. The SMILES string of the molecule is COc1ccc(C2/C(=C(\O)c3cc(C(C)(C)C)ccc3C)C(=O)C(=O)N2c2ccc(C(C)(C)C)cc2)cc1. The Hall–Kier alpha value is -3.86. The molecule has 198 valence electrons. The third kappa shape index (κ3) is 4.98. The van der Waals surface area contributed by atoms with Gasteiger partial charge in [0.05, 0.1) is 18.7 Å². The Morgan fingerprint density at radius 3 is 1.89 bits per heavy atom. The summed E-state index contributed by atoms with van der Waals surface area (Å²) >= 11 is 0. The molecule has 3 aromatic rings. The van der Waals surface area contributed by atoms with Crippen LogP contribution >= 0.6 is 0 Å². The Balaban J connectivity index is 1.94. The molecule has 1 aliphatic rings. The number of aliphatic hydroxyl groups excluding tert-OH is 1. The number of ether oxygens (including phenoxy) is 1. The van der Waals surface area contributed by atoms with Crippen molar-refractivity contribution in [3.8, 4) is 5.75 Å². The molecule has 1 atom stereocenters. The summed E-state index contributed by atoms with van der Waals surface area (Å²) in [6.07, 6.45) is 0. The summed E-state index contributed by atoms with van der Waals surface area (Å²) < 4.78 is 5.33. The molecule has 0 spiro atoms. The minimum atomic E-state index is -0.793. The minimum Gasteiger partial charge on any atom is -0.507 e. The number of hydrogen-bond acceptors (Lipinski definition) is 4. The summed E-state index contributed by atoms with van der Waals surface area (Å²) in [7, 11) is 1.59. The summed E-state index contributed by atoms with van der Waals surface area (Å²) in [5, 5.41) is 11.7. The fourth-order valence-corrected chi connectivity index (χ4v) is 4.81. The molecule has 1 fully saturated rings.